The molecule has 4 saturated heterocycles. The molecule has 4 heterocycles. The highest BCUT2D eigenvalue weighted by Gasteiger charge is 2.36. The van der Waals surface area contributed by atoms with E-state index in [4.69, 9.17) is 19.1 Å². The first-order chi connectivity index (χ1) is 29.0. The number of hydrogen-bond acceptors (Lipinski definition) is 18. The highest BCUT2D eigenvalue weighted by molar-refractivity contribution is 8.33. The number of carbonyl (C=O) groups is 12. The van der Waals surface area contributed by atoms with Gasteiger partial charge in [0.15, 0.2) is 13.2 Å². The van der Waals surface area contributed by atoms with Crippen molar-refractivity contribution >= 4 is 81.2 Å². The molecule has 1 atom stereocenters. The molecule has 0 saturated carbocycles. The molecule has 0 radical (unpaired) electrons. The fourth-order valence-electron chi connectivity index (χ4n) is 5.38. The summed E-state index contributed by atoms with van der Waals surface area (Å²) in [6.07, 6.45) is 2.84. The van der Waals surface area contributed by atoms with Crippen LogP contribution in [0.4, 0.5) is 0 Å². The van der Waals surface area contributed by atoms with E-state index in [9.17, 15) is 57.5 Å². The number of nitrogens with zero attached hydrogens (tertiary/aromatic N) is 4. The maximum absolute atomic E-state index is 12.0. The van der Waals surface area contributed by atoms with Crippen molar-refractivity contribution in [3.63, 3.8) is 0 Å². The lowest BCUT2D eigenvalue weighted by atomic mass is 10.3. The number of amides is 8. The zero-order valence-corrected chi connectivity index (χ0v) is 35.0. The van der Waals surface area contributed by atoms with Gasteiger partial charge in [0.1, 0.15) is 11.5 Å². The van der Waals surface area contributed by atoms with Crippen LogP contribution >= 0.6 is 10.0 Å². The topological polar surface area (TPSA) is 273 Å². The average molecular weight is 881 g/mol. The Morgan fingerprint density at radius 2 is 0.754 bits per heavy atom. The van der Waals surface area contributed by atoms with Crippen molar-refractivity contribution in [2.75, 3.05) is 36.7 Å². The summed E-state index contributed by atoms with van der Waals surface area (Å²) < 4.78 is 10.4. The van der Waals surface area contributed by atoms with Gasteiger partial charge in [0.05, 0.1) is 6.42 Å². The van der Waals surface area contributed by atoms with Crippen molar-refractivity contribution in [1.29, 1.82) is 0 Å². The second kappa shape index (κ2) is 23.4. The van der Waals surface area contributed by atoms with Gasteiger partial charge in [-0.25, -0.2) is 29.2 Å². The van der Waals surface area contributed by atoms with E-state index in [0.29, 0.717) is 38.2 Å². The summed E-state index contributed by atoms with van der Waals surface area (Å²) in [6, 6.07) is 5.75. The maximum atomic E-state index is 12.0. The molecule has 0 aliphatic carbocycles. The van der Waals surface area contributed by atoms with Crippen LogP contribution in [0.5, 0.6) is 11.5 Å². The maximum Gasteiger partial charge on any atom is 0.370 e. The van der Waals surface area contributed by atoms with Gasteiger partial charge in [0.2, 0.25) is 0 Å². The van der Waals surface area contributed by atoms with Gasteiger partial charge in [-0.2, -0.15) is 0 Å². The third-order valence-electron chi connectivity index (χ3n) is 8.85. The van der Waals surface area contributed by atoms with Gasteiger partial charge in [-0.05, 0) is 54.2 Å². The lowest BCUT2D eigenvalue weighted by molar-refractivity contribution is -0.198. The van der Waals surface area contributed by atoms with Crippen LogP contribution in [0.3, 0.4) is 0 Å². The standard InChI is InChI=1S/C18H16N2O10.C18H26N2O8S.C2H6/c21-13-5-6-14(22)19(13)29-17(25)9-27-11-1-2-12(4-3-11)28-10-18(26)30-20-15(23)7-8-16(20)24;1-3-29(2,12-10-18(26)28-20-15(23)8-9-16(20)24)11-4-5-17(25)27-19-13(21)6-7-14(19)22;1-2/h1-4H,5-10H2;3-12H2,1-2H3;1-2H3. The Morgan fingerprint density at radius 1 is 0.475 bits per heavy atom. The van der Waals surface area contributed by atoms with E-state index >= 15 is 0 Å². The second-order valence-corrected chi connectivity index (χ2v) is 17.6. The predicted octanol–water partition coefficient (Wildman–Crippen LogP) is 1.51. The van der Waals surface area contributed by atoms with Gasteiger partial charge in [0, 0.05) is 57.8 Å². The third kappa shape index (κ3) is 15.0. The smallest absolute Gasteiger partial charge is 0.370 e. The van der Waals surface area contributed by atoms with Crippen LogP contribution in [0.25, 0.3) is 0 Å². The average Bonchev–Trinajstić information content (AvgIpc) is 3.95. The van der Waals surface area contributed by atoms with Crippen molar-refractivity contribution in [2.24, 2.45) is 0 Å². The van der Waals surface area contributed by atoms with Crippen LogP contribution in [-0.4, -0.2) is 128 Å². The minimum Gasteiger partial charge on any atom is -0.482 e. The Labute approximate surface area is 351 Å². The lowest BCUT2D eigenvalue weighted by Gasteiger charge is -2.34. The Hall–Kier alpha value is -6.39. The minimum absolute atomic E-state index is 0.00732. The first-order valence-corrected chi connectivity index (χ1v) is 21.9. The van der Waals surface area contributed by atoms with Crippen molar-refractivity contribution in [3.8, 4) is 11.5 Å². The highest BCUT2D eigenvalue weighted by atomic mass is 32.3. The quantitative estimate of drug-likeness (QED) is 0.189. The molecular formula is C38H48N4O18S. The SMILES string of the molecule is CC.CCS(C)(CCCC(=O)ON1C(=O)CCC1=O)CCC(=O)ON1C(=O)CCC1=O.O=C(COc1ccc(OCC(=O)ON2C(=O)CCC2=O)cc1)ON1C(=O)CCC1=O. The number of hydrogen-bond donors (Lipinski definition) is 0. The number of rotatable bonds is 18. The molecule has 4 aliphatic heterocycles. The zero-order valence-electron chi connectivity index (χ0n) is 34.2. The Kier molecular flexibility index (Phi) is 18.8. The van der Waals surface area contributed by atoms with Gasteiger partial charge >= 0.3 is 23.9 Å². The monoisotopic (exact) mass is 880 g/mol. The summed E-state index contributed by atoms with van der Waals surface area (Å²) in [4.78, 5) is 158. The molecule has 61 heavy (non-hydrogen) atoms. The van der Waals surface area contributed by atoms with E-state index in [1.165, 1.54) is 24.3 Å². The van der Waals surface area contributed by atoms with E-state index in [2.05, 4.69) is 9.68 Å². The molecule has 0 spiro atoms. The Bertz CT molecular complexity index is 1750. The summed E-state index contributed by atoms with van der Waals surface area (Å²) in [5.41, 5.74) is 0. The molecule has 0 bridgehead atoms. The molecule has 23 heteroatoms. The van der Waals surface area contributed by atoms with Crippen LogP contribution in [0, 0.1) is 0 Å². The number of carbonyl (C=O) groups excluding carboxylic acids is 12. The van der Waals surface area contributed by atoms with Crippen LogP contribution in [0.2, 0.25) is 0 Å². The number of hydroxylamine groups is 8. The molecule has 0 aromatic heterocycles. The third-order valence-corrected chi connectivity index (χ3v) is 12.7. The fraction of sp³-hybridized carbons (Fsp3) is 0.526. The summed E-state index contributed by atoms with van der Waals surface area (Å²) in [7, 11) is -1.22. The number of benzene rings is 1. The minimum atomic E-state index is -1.22. The first kappa shape index (κ1) is 49.0. The van der Waals surface area contributed by atoms with Gasteiger partial charge in [-0.15, -0.1) is 20.3 Å². The summed E-state index contributed by atoms with van der Waals surface area (Å²) >= 11 is 0. The molecule has 1 unspecified atom stereocenters. The predicted molar refractivity (Wildman–Crippen MR) is 205 cm³/mol. The van der Waals surface area contributed by atoms with E-state index in [1.54, 1.807) is 0 Å². The van der Waals surface area contributed by atoms with Crippen LogP contribution in [0.15, 0.2) is 24.3 Å². The summed E-state index contributed by atoms with van der Waals surface area (Å²) in [5.74, 6) is -4.97. The van der Waals surface area contributed by atoms with Gasteiger partial charge in [-0.3, -0.25) is 38.4 Å². The van der Waals surface area contributed by atoms with Crippen LogP contribution < -0.4 is 9.47 Å². The fourth-order valence-corrected chi connectivity index (χ4v) is 7.67. The van der Waals surface area contributed by atoms with Gasteiger partial charge in [0.25, 0.3) is 47.3 Å². The van der Waals surface area contributed by atoms with Crippen molar-refractivity contribution in [3.05, 3.63) is 24.3 Å². The summed E-state index contributed by atoms with van der Waals surface area (Å²) in [6.45, 7) is 4.91. The van der Waals surface area contributed by atoms with Gasteiger partial charge in [-0.1, -0.05) is 20.8 Å². The largest absolute Gasteiger partial charge is 0.482 e. The molecule has 5 rings (SSSR count). The van der Waals surface area contributed by atoms with E-state index in [1.807, 2.05) is 27.0 Å². The number of imide groups is 4. The van der Waals surface area contributed by atoms with Crippen molar-refractivity contribution in [1.82, 2.24) is 20.3 Å². The van der Waals surface area contributed by atoms with Crippen LogP contribution in [0.1, 0.15) is 91.4 Å². The van der Waals surface area contributed by atoms with E-state index in [0.717, 1.165) is 5.75 Å². The molecule has 8 amide bonds. The normalized spacial score (nSPS) is 17.6. The van der Waals surface area contributed by atoms with E-state index in [-0.39, 0.29) is 75.7 Å². The van der Waals surface area contributed by atoms with Crippen LogP contribution in [-0.2, 0) is 76.9 Å². The zero-order chi connectivity index (χ0) is 45.3. The Morgan fingerprint density at radius 3 is 1.05 bits per heavy atom. The molecule has 4 aliphatic rings. The Balaban J connectivity index is 0.000000313. The van der Waals surface area contributed by atoms with Gasteiger partial charge < -0.3 is 28.8 Å². The van der Waals surface area contributed by atoms with E-state index < -0.39 is 94.4 Å². The molecule has 1 aromatic rings. The molecule has 334 valence electrons. The summed E-state index contributed by atoms with van der Waals surface area (Å²) in [5, 5.41) is 1.92. The molecule has 1 aromatic carbocycles. The highest BCUT2D eigenvalue weighted by Crippen LogP contribution is 2.45. The number of ether oxygens (including phenoxy) is 2. The molecule has 22 nitrogen and oxygen atoms in total. The first-order valence-electron chi connectivity index (χ1n) is 19.3. The molecular weight excluding hydrogens is 832 g/mol. The lowest BCUT2D eigenvalue weighted by Crippen LogP contribution is -2.34. The van der Waals surface area contributed by atoms with Crippen molar-refractivity contribution in [2.45, 2.75) is 91.4 Å². The van der Waals surface area contributed by atoms with Crippen molar-refractivity contribution < 1.29 is 86.4 Å². The molecule has 0 N–H and O–H groups in total. The molecule has 4 fully saturated rings. The second-order valence-electron chi connectivity index (χ2n) is 13.3.